The first kappa shape index (κ1) is 24.2. The fourth-order valence-corrected chi connectivity index (χ4v) is 3.59. The van der Waals surface area contributed by atoms with Crippen LogP contribution in [0.4, 0.5) is 5.69 Å². The van der Waals surface area contributed by atoms with Gasteiger partial charge < -0.3 is 20.4 Å². The topological polar surface area (TPSA) is 89.9 Å². The predicted octanol–water partition coefficient (Wildman–Crippen LogP) is 3.97. The molecule has 0 unspecified atom stereocenters. The number of carboxylic acid groups (broad SMARTS) is 2. The van der Waals surface area contributed by atoms with Crippen molar-refractivity contribution in [3.63, 3.8) is 0 Å². The molecule has 3 N–H and O–H groups in total. The fraction of sp³-hybridized carbons (Fsp3) is 0.360. The molecule has 0 aromatic heterocycles. The van der Waals surface area contributed by atoms with E-state index in [0.29, 0.717) is 12.2 Å². The molecule has 1 heterocycles. The number of piperidine rings is 1. The molecule has 0 radical (unpaired) electrons. The fourth-order valence-electron chi connectivity index (χ4n) is 3.59. The van der Waals surface area contributed by atoms with Crippen molar-refractivity contribution in [2.45, 2.75) is 32.7 Å². The molecule has 0 amide bonds. The van der Waals surface area contributed by atoms with Crippen molar-refractivity contribution >= 4 is 17.6 Å². The number of nitrogens with zero attached hydrogens (tertiary/aromatic N) is 1. The van der Waals surface area contributed by atoms with Gasteiger partial charge in [0, 0.05) is 30.9 Å². The Morgan fingerprint density at radius 2 is 1.52 bits per heavy atom. The van der Waals surface area contributed by atoms with Gasteiger partial charge in [0.1, 0.15) is 0 Å². The van der Waals surface area contributed by atoms with Crippen LogP contribution in [0.1, 0.15) is 30.9 Å². The molecule has 0 spiro atoms. The molecule has 1 fully saturated rings. The first-order valence-electron chi connectivity index (χ1n) is 10.7. The lowest BCUT2D eigenvalue weighted by Crippen LogP contribution is -2.28. The molecule has 1 saturated heterocycles. The molecule has 0 atom stereocenters. The number of carbonyl (C=O) groups is 2. The highest BCUT2D eigenvalue weighted by Crippen LogP contribution is 2.22. The van der Waals surface area contributed by atoms with Crippen molar-refractivity contribution in [1.82, 2.24) is 5.32 Å². The van der Waals surface area contributed by atoms with Crippen LogP contribution >= 0.6 is 0 Å². The normalized spacial score (nSPS) is 14.0. The van der Waals surface area contributed by atoms with Gasteiger partial charge in [0.25, 0.3) is 0 Å². The van der Waals surface area contributed by atoms with E-state index in [1.54, 1.807) is 0 Å². The summed E-state index contributed by atoms with van der Waals surface area (Å²) in [5, 5.41) is 19.1. The van der Waals surface area contributed by atoms with Crippen molar-refractivity contribution in [3.05, 3.63) is 77.9 Å². The Morgan fingerprint density at radius 3 is 2.03 bits per heavy atom. The highest BCUT2D eigenvalue weighted by atomic mass is 16.4. The van der Waals surface area contributed by atoms with Gasteiger partial charge >= 0.3 is 11.9 Å². The SMILES string of the molecule is CCN(Cc1ccccc1)c1ccc(CC2CCNCC2)cc1.O=C(O)/C=C/C(=O)O. The van der Waals surface area contributed by atoms with Crippen molar-refractivity contribution in [3.8, 4) is 0 Å². The maximum absolute atomic E-state index is 9.55. The second kappa shape index (κ2) is 13.2. The molecule has 1 aliphatic heterocycles. The number of hydrogen-bond donors (Lipinski definition) is 3. The maximum atomic E-state index is 9.55. The van der Waals surface area contributed by atoms with Gasteiger partial charge in [0.2, 0.25) is 0 Å². The van der Waals surface area contributed by atoms with Gasteiger partial charge in [0.15, 0.2) is 0 Å². The second-order valence-corrected chi connectivity index (χ2v) is 7.57. The molecule has 2 aromatic carbocycles. The van der Waals surface area contributed by atoms with Crippen LogP contribution in [-0.4, -0.2) is 41.8 Å². The van der Waals surface area contributed by atoms with Gasteiger partial charge in [-0.05, 0) is 68.5 Å². The number of aliphatic carboxylic acids is 2. The van der Waals surface area contributed by atoms with Crippen LogP contribution in [0.5, 0.6) is 0 Å². The number of rotatable bonds is 8. The third kappa shape index (κ3) is 9.49. The van der Waals surface area contributed by atoms with Gasteiger partial charge in [-0.25, -0.2) is 9.59 Å². The molecule has 31 heavy (non-hydrogen) atoms. The lowest BCUT2D eigenvalue weighted by molar-refractivity contribution is -0.134. The number of hydrogen-bond acceptors (Lipinski definition) is 4. The summed E-state index contributed by atoms with van der Waals surface area (Å²) in [5.41, 5.74) is 4.18. The third-order valence-electron chi connectivity index (χ3n) is 5.25. The average Bonchev–Trinajstić information content (AvgIpc) is 2.78. The molecular formula is C25H32N2O4. The minimum Gasteiger partial charge on any atom is -0.478 e. The predicted molar refractivity (Wildman–Crippen MR) is 123 cm³/mol. The zero-order valence-electron chi connectivity index (χ0n) is 18.0. The van der Waals surface area contributed by atoms with Crippen LogP contribution in [-0.2, 0) is 22.6 Å². The van der Waals surface area contributed by atoms with Crippen LogP contribution in [0.2, 0.25) is 0 Å². The first-order valence-corrected chi connectivity index (χ1v) is 10.7. The molecule has 1 aliphatic rings. The van der Waals surface area contributed by atoms with Crippen LogP contribution in [0.25, 0.3) is 0 Å². The molecule has 2 aromatic rings. The highest BCUT2D eigenvalue weighted by molar-refractivity contribution is 5.89. The van der Waals surface area contributed by atoms with Gasteiger partial charge in [0.05, 0.1) is 0 Å². The van der Waals surface area contributed by atoms with Gasteiger partial charge in [-0.15, -0.1) is 0 Å². The maximum Gasteiger partial charge on any atom is 0.328 e. The minimum atomic E-state index is -1.26. The summed E-state index contributed by atoms with van der Waals surface area (Å²) in [5.74, 6) is -1.66. The molecule has 0 bridgehead atoms. The quantitative estimate of drug-likeness (QED) is 0.556. The summed E-state index contributed by atoms with van der Waals surface area (Å²) in [6.45, 7) is 6.60. The Kier molecular flexibility index (Phi) is 10.3. The molecule has 6 heteroatoms. The van der Waals surface area contributed by atoms with E-state index in [4.69, 9.17) is 10.2 Å². The van der Waals surface area contributed by atoms with E-state index in [9.17, 15) is 9.59 Å². The minimum absolute atomic E-state index is 0.558. The van der Waals surface area contributed by atoms with Crippen molar-refractivity contribution < 1.29 is 19.8 Å². The van der Waals surface area contributed by atoms with Gasteiger partial charge in [-0.3, -0.25) is 0 Å². The zero-order chi connectivity index (χ0) is 22.5. The molecule has 0 saturated carbocycles. The van der Waals surface area contributed by atoms with E-state index in [1.807, 2.05) is 0 Å². The first-order chi connectivity index (χ1) is 15.0. The molecule has 0 aliphatic carbocycles. The van der Waals surface area contributed by atoms with E-state index >= 15 is 0 Å². The summed E-state index contributed by atoms with van der Waals surface area (Å²) in [4.78, 5) is 21.5. The van der Waals surface area contributed by atoms with Crippen molar-refractivity contribution in [2.75, 3.05) is 24.5 Å². The molecular weight excluding hydrogens is 392 g/mol. The Bertz CT molecular complexity index is 812. The standard InChI is InChI=1S/C21H28N2.C4H4O4/c1-2-23(17-20-6-4-3-5-7-20)21-10-8-18(9-11-21)16-19-12-14-22-15-13-19;5-3(6)1-2-4(7)8/h3-11,19,22H,2,12-17H2,1H3;1-2H,(H,5,6)(H,7,8)/b;2-1+. The van der Waals surface area contributed by atoms with E-state index in [0.717, 1.165) is 19.0 Å². The second-order valence-electron chi connectivity index (χ2n) is 7.57. The smallest absolute Gasteiger partial charge is 0.328 e. The lowest BCUT2D eigenvalue weighted by atomic mass is 9.91. The Balaban J connectivity index is 0.000000366. The van der Waals surface area contributed by atoms with E-state index in [2.05, 4.69) is 71.7 Å². The third-order valence-corrected chi connectivity index (χ3v) is 5.25. The van der Waals surface area contributed by atoms with Gasteiger partial charge in [-0.2, -0.15) is 0 Å². The van der Waals surface area contributed by atoms with Crippen molar-refractivity contribution in [1.29, 1.82) is 0 Å². The molecule has 3 rings (SSSR count). The number of nitrogens with one attached hydrogen (secondary N) is 1. The Labute approximate surface area is 184 Å². The number of benzene rings is 2. The van der Waals surface area contributed by atoms with Crippen molar-refractivity contribution in [2.24, 2.45) is 5.92 Å². The van der Waals surface area contributed by atoms with Crippen LogP contribution in [0.15, 0.2) is 66.7 Å². The zero-order valence-corrected chi connectivity index (χ0v) is 18.0. The number of carboxylic acids is 2. The largest absolute Gasteiger partial charge is 0.478 e. The van der Waals surface area contributed by atoms with Crippen LogP contribution in [0, 0.1) is 5.92 Å². The van der Waals surface area contributed by atoms with Gasteiger partial charge in [-0.1, -0.05) is 42.5 Å². The molecule has 6 nitrogen and oxygen atoms in total. The average molecular weight is 425 g/mol. The molecule has 166 valence electrons. The Hall–Kier alpha value is -3.12. The number of anilines is 1. The van der Waals surface area contributed by atoms with Crippen LogP contribution < -0.4 is 10.2 Å². The summed E-state index contributed by atoms with van der Waals surface area (Å²) < 4.78 is 0. The Morgan fingerprint density at radius 1 is 0.935 bits per heavy atom. The summed E-state index contributed by atoms with van der Waals surface area (Å²) in [6.07, 6.45) is 4.98. The highest BCUT2D eigenvalue weighted by Gasteiger charge is 2.13. The monoisotopic (exact) mass is 424 g/mol. The van der Waals surface area contributed by atoms with E-state index in [-0.39, 0.29) is 0 Å². The summed E-state index contributed by atoms with van der Waals surface area (Å²) in [6, 6.07) is 20.0. The van der Waals surface area contributed by atoms with E-state index in [1.165, 1.54) is 49.2 Å². The van der Waals surface area contributed by atoms with Crippen LogP contribution in [0.3, 0.4) is 0 Å². The summed E-state index contributed by atoms with van der Waals surface area (Å²) in [7, 11) is 0. The van der Waals surface area contributed by atoms with E-state index < -0.39 is 11.9 Å². The summed E-state index contributed by atoms with van der Waals surface area (Å²) >= 11 is 0. The lowest BCUT2D eigenvalue weighted by Gasteiger charge is -2.25.